The molecule has 0 bridgehead atoms. The van der Waals surface area contributed by atoms with E-state index in [0.717, 1.165) is 5.69 Å². The van der Waals surface area contributed by atoms with E-state index in [1.54, 1.807) is 4.90 Å². The topological polar surface area (TPSA) is 42.0 Å². The molecule has 2 rings (SSSR count). The molecule has 20 heavy (non-hydrogen) atoms. The average Bonchev–Trinajstić information content (AvgIpc) is 2.35. The predicted molar refractivity (Wildman–Crippen MR) is 78.1 cm³/mol. The van der Waals surface area contributed by atoms with Crippen molar-refractivity contribution in [1.29, 1.82) is 0 Å². The number of hydrogen-bond donors (Lipinski definition) is 0. The highest BCUT2D eigenvalue weighted by atomic mass is 16.6. The van der Waals surface area contributed by atoms with E-state index in [9.17, 15) is 4.79 Å². The molecule has 1 unspecified atom stereocenters. The van der Waals surface area contributed by atoms with Gasteiger partial charge in [-0.1, -0.05) is 12.1 Å². The molecule has 5 heteroatoms. The normalized spacial score (nSPS) is 18.5. The second kappa shape index (κ2) is 5.32. The number of carbonyl (C=O) groups is 1. The van der Waals surface area contributed by atoms with Crippen LogP contribution in [0.2, 0.25) is 0 Å². The van der Waals surface area contributed by atoms with Gasteiger partial charge in [0.2, 0.25) is 0 Å². The number of fused-ring (bicyclic) bond motifs is 1. The molecule has 1 heterocycles. The monoisotopic (exact) mass is 278 g/mol. The van der Waals surface area contributed by atoms with E-state index in [2.05, 4.69) is 0 Å². The quantitative estimate of drug-likeness (QED) is 0.792. The first-order chi connectivity index (χ1) is 9.28. The molecule has 1 atom stereocenters. The molecule has 0 saturated carbocycles. The molecule has 110 valence electrons. The van der Waals surface area contributed by atoms with Crippen LogP contribution in [0.15, 0.2) is 24.3 Å². The van der Waals surface area contributed by atoms with E-state index in [-0.39, 0.29) is 12.3 Å². The van der Waals surface area contributed by atoms with Gasteiger partial charge in [-0.25, -0.2) is 4.79 Å². The molecule has 5 nitrogen and oxygen atoms in total. The van der Waals surface area contributed by atoms with Crippen molar-refractivity contribution < 1.29 is 14.3 Å². The summed E-state index contributed by atoms with van der Waals surface area (Å²) in [5, 5.41) is 0. The molecular weight excluding hydrogens is 256 g/mol. The van der Waals surface area contributed by atoms with E-state index in [1.807, 2.05) is 64.0 Å². The molecule has 0 spiro atoms. The Morgan fingerprint density at radius 1 is 1.35 bits per heavy atom. The van der Waals surface area contributed by atoms with E-state index in [4.69, 9.17) is 9.47 Å². The fourth-order valence-electron chi connectivity index (χ4n) is 1.98. The van der Waals surface area contributed by atoms with Crippen LogP contribution in [0.25, 0.3) is 0 Å². The number of anilines is 1. The fourth-order valence-corrected chi connectivity index (χ4v) is 1.98. The molecule has 0 radical (unpaired) electrons. The average molecular weight is 278 g/mol. The first-order valence-electron chi connectivity index (χ1n) is 6.70. The number of para-hydroxylation sites is 2. The summed E-state index contributed by atoms with van der Waals surface area (Å²) in [6, 6.07) is 7.51. The van der Waals surface area contributed by atoms with Crippen LogP contribution >= 0.6 is 0 Å². The van der Waals surface area contributed by atoms with Gasteiger partial charge in [0.1, 0.15) is 11.4 Å². The summed E-state index contributed by atoms with van der Waals surface area (Å²) in [5.41, 5.74) is 0.234. The third-order valence-corrected chi connectivity index (χ3v) is 2.95. The Morgan fingerprint density at radius 3 is 2.60 bits per heavy atom. The van der Waals surface area contributed by atoms with E-state index in [1.165, 1.54) is 0 Å². The van der Waals surface area contributed by atoms with Crippen molar-refractivity contribution in [3.8, 4) is 5.75 Å². The number of hydrogen-bond acceptors (Lipinski definition) is 4. The standard InChI is InChI=1S/C15H22N2O3/c1-15(2,3)20-14(18)17-10-13(16(4)5)19-12-9-7-6-8-11(12)17/h6-9,13H,10H2,1-5H3. The molecule has 0 fully saturated rings. The number of benzene rings is 1. The molecule has 0 aromatic heterocycles. The summed E-state index contributed by atoms with van der Waals surface area (Å²) < 4.78 is 11.4. The van der Waals surface area contributed by atoms with Gasteiger partial charge >= 0.3 is 6.09 Å². The van der Waals surface area contributed by atoms with Gasteiger partial charge in [-0.15, -0.1) is 0 Å². The van der Waals surface area contributed by atoms with Crippen LogP contribution in [0.3, 0.4) is 0 Å². The summed E-state index contributed by atoms with van der Waals surface area (Å²) in [6.07, 6.45) is -0.530. The zero-order chi connectivity index (χ0) is 14.9. The van der Waals surface area contributed by atoms with Crippen LogP contribution in [0.4, 0.5) is 10.5 Å². The van der Waals surface area contributed by atoms with Crippen LogP contribution in [0.5, 0.6) is 5.75 Å². The lowest BCUT2D eigenvalue weighted by molar-refractivity contribution is 0.0395. The maximum atomic E-state index is 12.4. The number of ether oxygens (including phenoxy) is 2. The Hall–Kier alpha value is -1.75. The second-order valence-corrected chi connectivity index (χ2v) is 6.09. The molecular formula is C15H22N2O3. The minimum Gasteiger partial charge on any atom is -0.471 e. The number of likely N-dealkylation sites (N-methyl/N-ethyl adjacent to an activating group) is 1. The molecule has 1 aliphatic rings. The van der Waals surface area contributed by atoms with Crippen molar-refractivity contribution in [3.05, 3.63) is 24.3 Å². The zero-order valence-corrected chi connectivity index (χ0v) is 12.7. The molecule has 0 N–H and O–H groups in total. The summed E-state index contributed by atoms with van der Waals surface area (Å²) in [4.78, 5) is 15.9. The molecule has 1 amide bonds. The SMILES string of the molecule is CN(C)C1CN(C(=O)OC(C)(C)C)c2ccccc2O1. The smallest absolute Gasteiger partial charge is 0.415 e. The van der Waals surface area contributed by atoms with Crippen molar-refractivity contribution in [1.82, 2.24) is 4.90 Å². The van der Waals surface area contributed by atoms with Gasteiger partial charge in [0.05, 0.1) is 12.2 Å². The van der Waals surface area contributed by atoms with Crippen molar-refractivity contribution >= 4 is 11.8 Å². The molecule has 0 aliphatic carbocycles. The number of rotatable bonds is 1. The fraction of sp³-hybridized carbons (Fsp3) is 0.533. The van der Waals surface area contributed by atoms with Crippen LogP contribution < -0.4 is 9.64 Å². The van der Waals surface area contributed by atoms with Gasteiger partial charge in [0.15, 0.2) is 6.23 Å². The van der Waals surface area contributed by atoms with Crippen LogP contribution in [-0.2, 0) is 4.74 Å². The van der Waals surface area contributed by atoms with E-state index >= 15 is 0 Å². The third kappa shape index (κ3) is 3.22. The van der Waals surface area contributed by atoms with Crippen LogP contribution in [-0.4, -0.2) is 43.5 Å². The van der Waals surface area contributed by atoms with Crippen LogP contribution in [0.1, 0.15) is 20.8 Å². The Balaban J connectivity index is 2.29. The number of nitrogens with zero attached hydrogens (tertiary/aromatic N) is 2. The van der Waals surface area contributed by atoms with Gasteiger partial charge in [-0.3, -0.25) is 9.80 Å². The van der Waals surface area contributed by atoms with Gasteiger partial charge in [0.25, 0.3) is 0 Å². The van der Waals surface area contributed by atoms with Crippen molar-refractivity contribution in [2.45, 2.75) is 32.6 Å². The Kier molecular flexibility index (Phi) is 3.90. The van der Waals surface area contributed by atoms with Crippen molar-refractivity contribution in [3.63, 3.8) is 0 Å². The second-order valence-electron chi connectivity index (χ2n) is 6.09. The summed E-state index contributed by atoms with van der Waals surface area (Å²) in [7, 11) is 3.84. The highest BCUT2D eigenvalue weighted by molar-refractivity contribution is 5.90. The van der Waals surface area contributed by atoms with E-state index < -0.39 is 5.60 Å². The molecule has 1 aliphatic heterocycles. The third-order valence-electron chi connectivity index (χ3n) is 2.95. The first kappa shape index (κ1) is 14.7. The highest BCUT2D eigenvalue weighted by Crippen LogP contribution is 2.34. The van der Waals surface area contributed by atoms with Gasteiger partial charge in [-0.2, -0.15) is 0 Å². The zero-order valence-electron chi connectivity index (χ0n) is 12.7. The maximum absolute atomic E-state index is 12.4. The lowest BCUT2D eigenvalue weighted by atomic mass is 10.2. The summed E-state index contributed by atoms with van der Waals surface area (Å²) in [5.74, 6) is 0.698. The lowest BCUT2D eigenvalue weighted by Crippen LogP contribution is -2.50. The molecule has 0 saturated heterocycles. The van der Waals surface area contributed by atoms with Crippen LogP contribution in [0, 0.1) is 0 Å². The minimum atomic E-state index is -0.516. The van der Waals surface area contributed by atoms with Crippen molar-refractivity contribution in [2.24, 2.45) is 0 Å². The molecule has 1 aromatic carbocycles. The minimum absolute atomic E-state index is 0.183. The highest BCUT2D eigenvalue weighted by Gasteiger charge is 2.33. The number of carbonyl (C=O) groups excluding carboxylic acids is 1. The van der Waals surface area contributed by atoms with Crippen molar-refractivity contribution in [2.75, 3.05) is 25.5 Å². The van der Waals surface area contributed by atoms with Gasteiger partial charge in [-0.05, 0) is 47.0 Å². The largest absolute Gasteiger partial charge is 0.471 e. The summed E-state index contributed by atoms with van der Waals surface area (Å²) in [6.45, 7) is 6.03. The Labute approximate surface area is 120 Å². The molecule has 1 aromatic rings. The lowest BCUT2D eigenvalue weighted by Gasteiger charge is -2.37. The Morgan fingerprint density at radius 2 is 2.00 bits per heavy atom. The van der Waals surface area contributed by atoms with Gasteiger partial charge < -0.3 is 9.47 Å². The Bertz CT molecular complexity index is 494. The first-order valence-corrected chi connectivity index (χ1v) is 6.70. The van der Waals surface area contributed by atoms with Gasteiger partial charge in [0, 0.05) is 0 Å². The van der Waals surface area contributed by atoms with E-state index in [0.29, 0.717) is 12.3 Å². The number of amides is 1. The maximum Gasteiger partial charge on any atom is 0.415 e. The summed E-state index contributed by atoms with van der Waals surface area (Å²) >= 11 is 0. The predicted octanol–water partition coefficient (Wildman–Crippen LogP) is 2.71.